The number of carboxylic acids is 1. The van der Waals surface area contributed by atoms with E-state index in [1.54, 1.807) is 0 Å². The maximum Gasteiger partial charge on any atom is 0.306 e. The van der Waals surface area contributed by atoms with E-state index in [-0.39, 0.29) is 12.0 Å². The maximum atomic E-state index is 10.2. The Balaban J connectivity index is 2.39. The Morgan fingerprint density at radius 3 is 2.33 bits per heavy atom. The molecule has 1 aliphatic carbocycles. The SMILES string of the molecule is O=C(O)C1CC[C@H](O)C1. The van der Waals surface area contributed by atoms with Gasteiger partial charge in [-0.05, 0) is 19.3 Å². The first-order chi connectivity index (χ1) is 4.20. The number of carbonyl (C=O) groups is 1. The molecule has 0 aliphatic heterocycles. The van der Waals surface area contributed by atoms with Gasteiger partial charge in [0.25, 0.3) is 0 Å². The van der Waals surface area contributed by atoms with Crippen LogP contribution in [0.25, 0.3) is 0 Å². The van der Waals surface area contributed by atoms with E-state index in [2.05, 4.69) is 0 Å². The number of rotatable bonds is 1. The third-order valence-corrected chi connectivity index (χ3v) is 1.75. The molecule has 0 bridgehead atoms. The van der Waals surface area contributed by atoms with E-state index >= 15 is 0 Å². The number of carboxylic acid groups (broad SMARTS) is 1. The van der Waals surface area contributed by atoms with Gasteiger partial charge in [0.05, 0.1) is 12.0 Å². The van der Waals surface area contributed by atoms with Crippen LogP contribution >= 0.6 is 0 Å². The van der Waals surface area contributed by atoms with Crippen LogP contribution in [-0.2, 0) is 4.79 Å². The molecule has 0 aromatic carbocycles. The number of aliphatic carboxylic acids is 1. The summed E-state index contributed by atoms with van der Waals surface area (Å²) in [6, 6.07) is 0. The highest BCUT2D eigenvalue weighted by atomic mass is 16.4. The van der Waals surface area contributed by atoms with E-state index in [1.165, 1.54) is 0 Å². The Labute approximate surface area is 53.3 Å². The van der Waals surface area contributed by atoms with Crippen molar-refractivity contribution in [3.05, 3.63) is 0 Å². The average Bonchev–Trinajstić information content (AvgIpc) is 2.14. The molecule has 2 N–H and O–H groups in total. The summed E-state index contributed by atoms with van der Waals surface area (Å²) in [5.74, 6) is -1.06. The van der Waals surface area contributed by atoms with E-state index in [4.69, 9.17) is 10.2 Å². The van der Waals surface area contributed by atoms with Crippen LogP contribution in [0.2, 0.25) is 0 Å². The lowest BCUT2D eigenvalue weighted by molar-refractivity contribution is -0.141. The van der Waals surface area contributed by atoms with Crippen LogP contribution in [0.1, 0.15) is 19.3 Å². The van der Waals surface area contributed by atoms with Gasteiger partial charge in [-0.2, -0.15) is 0 Å². The minimum absolute atomic E-state index is 0.292. The van der Waals surface area contributed by atoms with Gasteiger partial charge in [0.1, 0.15) is 0 Å². The van der Waals surface area contributed by atoms with Crippen LogP contribution in [0, 0.1) is 5.92 Å². The Morgan fingerprint density at radius 2 is 2.11 bits per heavy atom. The van der Waals surface area contributed by atoms with Crippen LogP contribution in [0.4, 0.5) is 0 Å². The quantitative estimate of drug-likeness (QED) is 0.534. The highest BCUT2D eigenvalue weighted by Crippen LogP contribution is 2.24. The van der Waals surface area contributed by atoms with Crippen LogP contribution in [0.3, 0.4) is 0 Å². The van der Waals surface area contributed by atoms with Crippen molar-refractivity contribution in [1.82, 2.24) is 0 Å². The van der Waals surface area contributed by atoms with Crippen LogP contribution in [-0.4, -0.2) is 22.3 Å². The average molecular weight is 130 g/mol. The summed E-state index contributed by atoms with van der Waals surface area (Å²) in [5.41, 5.74) is 0. The van der Waals surface area contributed by atoms with Crippen LogP contribution in [0.15, 0.2) is 0 Å². The molecule has 1 fully saturated rings. The summed E-state index contributed by atoms with van der Waals surface area (Å²) in [6.45, 7) is 0. The molecule has 0 aromatic heterocycles. The predicted molar refractivity (Wildman–Crippen MR) is 31.0 cm³/mol. The molecule has 0 aromatic rings. The van der Waals surface area contributed by atoms with E-state index in [0.29, 0.717) is 19.3 Å². The first-order valence-electron chi connectivity index (χ1n) is 3.11. The standard InChI is InChI=1S/C6H10O3/c7-5-2-1-4(3-5)6(8)9/h4-5,7H,1-3H2,(H,8,9)/t4?,5-/m0/s1. The van der Waals surface area contributed by atoms with Crippen molar-refractivity contribution in [2.24, 2.45) is 5.92 Å². The monoisotopic (exact) mass is 130 g/mol. The molecule has 1 unspecified atom stereocenters. The molecule has 1 saturated carbocycles. The van der Waals surface area contributed by atoms with Gasteiger partial charge in [0.2, 0.25) is 0 Å². The molecular weight excluding hydrogens is 120 g/mol. The van der Waals surface area contributed by atoms with Gasteiger partial charge in [-0.25, -0.2) is 0 Å². The Bertz CT molecular complexity index is 121. The number of hydrogen-bond donors (Lipinski definition) is 2. The van der Waals surface area contributed by atoms with Crippen LogP contribution < -0.4 is 0 Å². The van der Waals surface area contributed by atoms with E-state index in [0.717, 1.165) is 0 Å². The largest absolute Gasteiger partial charge is 0.481 e. The van der Waals surface area contributed by atoms with Crippen molar-refractivity contribution in [2.75, 3.05) is 0 Å². The molecule has 0 heterocycles. The van der Waals surface area contributed by atoms with Crippen molar-refractivity contribution in [3.63, 3.8) is 0 Å². The second kappa shape index (κ2) is 2.35. The van der Waals surface area contributed by atoms with Gasteiger partial charge >= 0.3 is 5.97 Å². The Kier molecular flexibility index (Phi) is 1.71. The molecule has 0 amide bonds. The minimum atomic E-state index is -0.772. The smallest absolute Gasteiger partial charge is 0.306 e. The second-order valence-corrected chi connectivity index (χ2v) is 2.50. The van der Waals surface area contributed by atoms with E-state index in [9.17, 15) is 4.79 Å². The summed E-state index contributed by atoms with van der Waals surface area (Å²) in [5, 5.41) is 17.3. The van der Waals surface area contributed by atoms with Crippen LogP contribution in [0.5, 0.6) is 0 Å². The number of aliphatic hydroxyl groups is 1. The lowest BCUT2D eigenvalue weighted by atomic mass is 10.1. The van der Waals surface area contributed by atoms with Crippen molar-refractivity contribution in [2.45, 2.75) is 25.4 Å². The lowest BCUT2D eigenvalue weighted by Gasteiger charge is -1.99. The fraction of sp³-hybridized carbons (Fsp3) is 0.833. The third kappa shape index (κ3) is 1.42. The molecule has 1 aliphatic rings. The minimum Gasteiger partial charge on any atom is -0.481 e. The molecule has 3 heteroatoms. The summed E-state index contributed by atoms with van der Waals surface area (Å²) in [6.07, 6.45) is 1.36. The van der Waals surface area contributed by atoms with Gasteiger partial charge in [-0.3, -0.25) is 4.79 Å². The second-order valence-electron chi connectivity index (χ2n) is 2.50. The molecule has 1 rings (SSSR count). The first-order valence-corrected chi connectivity index (χ1v) is 3.11. The summed E-state index contributed by atoms with van der Waals surface area (Å²) < 4.78 is 0. The zero-order valence-corrected chi connectivity index (χ0v) is 5.08. The Hall–Kier alpha value is -0.570. The van der Waals surface area contributed by atoms with Gasteiger partial charge in [0.15, 0.2) is 0 Å². The van der Waals surface area contributed by atoms with Gasteiger partial charge in [-0.15, -0.1) is 0 Å². The normalized spacial score (nSPS) is 34.8. The van der Waals surface area contributed by atoms with Crippen molar-refractivity contribution >= 4 is 5.97 Å². The fourth-order valence-electron chi connectivity index (χ4n) is 1.18. The molecule has 0 spiro atoms. The highest BCUT2D eigenvalue weighted by Gasteiger charge is 2.27. The number of aliphatic hydroxyl groups excluding tert-OH is 1. The van der Waals surface area contributed by atoms with Gasteiger partial charge in [-0.1, -0.05) is 0 Å². The number of hydrogen-bond acceptors (Lipinski definition) is 2. The van der Waals surface area contributed by atoms with Gasteiger partial charge < -0.3 is 10.2 Å². The zero-order valence-electron chi connectivity index (χ0n) is 5.08. The molecule has 0 saturated heterocycles. The first kappa shape index (κ1) is 6.55. The maximum absolute atomic E-state index is 10.2. The lowest BCUT2D eigenvalue weighted by Crippen LogP contribution is -2.10. The fourth-order valence-corrected chi connectivity index (χ4v) is 1.18. The summed E-state index contributed by atoms with van der Waals surface area (Å²) in [4.78, 5) is 10.2. The molecule has 52 valence electrons. The molecule has 3 nitrogen and oxygen atoms in total. The Morgan fingerprint density at radius 1 is 1.44 bits per heavy atom. The van der Waals surface area contributed by atoms with Crippen molar-refractivity contribution < 1.29 is 15.0 Å². The van der Waals surface area contributed by atoms with E-state index < -0.39 is 5.97 Å². The van der Waals surface area contributed by atoms with Gasteiger partial charge in [0, 0.05) is 0 Å². The predicted octanol–water partition coefficient (Wildman–Crippen LogP) is 0.232. The van der Waals surface area contributed by atoms with Crippen molar-refractivity contribution in [3.8, 4) is 0 Å². The van der Waals surface area contributed by atoms with Crippen molar-refractivity contribution in [1.29, 1.82) is 0 Å². The third-order valence-electron chi connectivity index (χ3n) is 1.75. The molecule has 9 heavy (non-hydrogen) atoms. The van der Waals surface area contributed by atoms with E-state index in [1.807, 2.05) is 0 Å². The topological polar surface area (TPSA) is 57.5 Å². The highest BCUT2D eigenvalue weighted by molar-refractivity contribution is 5.70. The molecular formula is C6H10O3. The zero-order chi connectivity index (χ0) is 6.85. The summed E-state index contributed by atoms with van der Waals surface area (Å²) in [7, 11) is 0. The molecule has 2 atom stereocenters. The molecule has 0 radical (unpaired) electrons. The summed E-state index contributed by atoms with van der Waals surface area (Å²) >= 11 is 0.